The number of halogens is 1. The van der Waals surface area contributed by atoms with Gasteiger partial charge in [-0.05, 0) is 45.0 Å². The topological polar surface area (TPSA) is 68.7 Å². The second kappa shape index (κ2) is 7.60. The van der Waals surface area contributed by atoms with Gasteiger partial charge in [-0.25, -0.2) is 19.1 Å². The Morgan fingerprint density at radius 1 is 1.24 bits per heavy atom. The van der Waals surface area contributed by atoms with Gasteiger partial charge in [0.1, 0.15) is 18.0 Å². The number of nitrogens with zero attached hydrogens (tertiary/aromatic N) is 2. The minimum atomic E-state index is -0.720. The molecule has 0 N–H and O–H groups in total. The minimum absolute atomic E-state index is 0.291. The zero-order valence-electron chi connectivity index (χ0n) is 14.4. The third-order valence-corrected chi connectivity index (χ3v) is 3.86. The number of thiazole rings is 1. The third-order valence-electron chi connectivity index (χ3n) is 2.99. The Bertz CT molecular complexity index is 753. The number of carbonyl (C=O) groups is 2. The lowest BCUT2D eigenvalue weighted by Crippen LogP contribution is -2.40. The molecule has 0 saturated heterocycles. The van der Waals surface area contributed by atoms with E-state index in [9.17, 15) is 14.0 Å². The molecule has 1 amide bonds. The van der Waals surface area contributed by atoms with E-state index in [1.54, 1.807) is 38.3 Å². The molecule has 0 bridgehead atoms. The van der Waals surface area contributed by atoms with E-state index in [1.165, 1.54) is 30.6 Å². The lowest BCUT2D eigenvalue weighted by Gasteiger charge is -2.25. The predicted molar refractivity (Wildman–Crippen MR) is 93.1 cm³/mol. The molecular weight excluding hydrogens is 347 g/mol. The molecule has 0 aliphatic rings. The molecule has 0 atom stereocenters. The lowest BCUT2D eigenvalue weighted by atomic mass is 10.2. The van der Waals surface area contributed by atoms with E-state index in [4.69, 9.17) is 4.74 Å². The van der Waals surface area contributed by atoms with E-state index in [-0.39, 0.29) is 12.4 Å². The van der Waals surface area contributed by atoms with Gasteiger partial charge in [0.15, 0.2) is 5.13 Å². The van der Waals surface area contributed by atoms with Gasteiger partial charge in [-0.15, -0.1) is 11.3 Å². The highest BCUT2D eigenvalue weighted by molar-refractivity contribution is 7.14. The summed E-state index contributed by atoms with van der Waals surface area (Å²) in [5.74, 6) is -0.940. The molecule has 0 radical (unpaired) electrons. The van der Waals surface area contributed by atoms with Crippen molar-refractivity contribution in [1.82, 2.24) is 4.98 Å². The highest BCUT2D eigenvalue weighted by atomic mass is 32.1. The molecule has 1 aromatic carbocycles. The molecule has 0 saturated carbocycles. The maximum absolute atomic E-state index is 13.0. The fourth-order valence-corrected chi connectivity index (χ4v) is 2.69. The largest absolute Gasteiger partial charge is 0.468 e. The fourth-order valence-electron chi connectivity index (χ4n) is 1.86. The highest BCUT2D eigenvalue weighted by Crippen LogP contribution is 2.28. The van der Waals surface area contributed by atoms with Crippen LogP contribution in [0.15, 0.2) is 29.6 Å². The van der Waals surface area contributed by atoms with Gasteiger partial charge in [-0.3, -0.25) is 4.79 Å². The van der Waals surface area contributed by atoms with Crippen molar-refractivity contribution in [2.45, 2.75) is 26.4 Å². The monoisotopic (exact) mass is 366 g/mol. The minimum Gasteiger partial charge on any atom is -0.468 e. The first-order valence-corrected chi connectivity index (χ1v) is 8.36. The zero-order valence-corrected chi connectivity index (χ0v) is 15.2. The molecule has 2 rings (SSSR count). The summed E-state index contributed by atoms with van der Waals surface area (Å²) in [6.45, 7) is 4.87. The van der Waals surface area contributed by atoms with E-state index >= 15 is 0 Å². The van der Waals surface area contributed by atoms with Crippen LogP contribution in [0, 0.1) is 5.82 Å². The molecule has 134 valence electrons. The molecule has 1 heterocycles. The lowest BCUT2D eigenvalue weighted by molar-refractivity contribution is -0.139. The summed E-state index contributed by atoms with van der Waals surface area (Å²) in [6, 6.07) is 5.83. The Morgan fingerprint density at radius 3 is 2.44 bits per heavy atom. The first-order valence-electron chi connectivity index (χ1n) is 7.48. The standard InChI is InChI=1S/C17H19FN2O4S/c1-17(2,3)24-16(22)20(9-14(21)23-4)15-19-13(10-25-15)11-5-7-12(18)8-6-11/h5-8,10H,9H2,1-4H3. The zero-order chi connectivity index (χ0) is 18.6. The molecule has 2 aromatic rings. The van der Waals surface area contributed by atoms with Crippen LogP contribution in [0.5, 0.6) is 0 Å². The smallest absolute Gasteiger partial charge is 0.417 e. The van der Waals surface area contributed by atoms with Crippen molar-refractivity contribution in [2.24, 2.45) is 0 Å². The Labute approximate surface area is 149 Å². The number of aromatic nitrogens is 1. The van der Waals surface area contributed by atoms with Gasteiger partial charge < -0.3 is 9.47 Å². The molecule has 0 fully saturated rings. The number of rotatable bonds is 4. The quantitative estimate of drug-likeness (QED) is 0.769. The van der Waals surface area contributed by atoms with Gasteiger partial charge in [0.25, 0.3) is 0 Å². The molecule has 0 aliphatic heterocycles. The number of anilines is 1. The summed E-state index contributed by atoms with van der Waals surface area (Å²) in [5.41, 5.74) is 0.548. The normalized spacial score (nSPS) is 11.1. The van der Waals surface area contributed by atoms with Crippen LogP contribution in [0.4, 0.5) is 14.3 Å². The van der Waals surface area contributed by atoms with Crippen LogP contribution in [-0.2, 0) is 14.3 Å². The van der Waals surface area contributed by atoms with Gasteiger partial charge in [0.05, 0.1) is 12.8 Å². The van der Waals surface area contributed by atoms with E-state index in [0.29, 0.717) is 16.4 Å². The first kappa shape index (κ1) is 18.9. The van der Waals surface area contributed by atoms with Crippen LogP contribution in [0.1, 0.15) is 20.8 Å². The van der Waals surface area contributed by atoms with Crippen molar-refractivity contribution >= 4 is 28.5 Å². The molecule has 8 heteroatoms. The second-order valence-corrected chi connectivity index (χ2v) is 7.00. The van der Waals surface area contributed by atoms with Crippen LogP contribution < -0.4 is 4.90 Å². The van der Waals surface area contributed by atoms with Gasteiger partial charge in [-0.1, -0.05) is 0 Å². The van der Waals surface area contributed by atoms with Crippen LogP contribution in [0.25, 0.3) is 11.3 Å². The number of carbonyl (C=O) groups excluding carboxylic acids is 2. The van der Waals surface area contributed by atoms with E-state index in [2.05, 4.69) is 9.72 Å². The molecule has 0 spiro atoms. The average Bonchev–Trinajstić information content (AvgIpc) is 3.00. The Morgan fingerprint density at radius 2 is 1.88 bits per heavy atom. The van der Waals surface area contributed by atoms with Crippen LogP contribution >= 0.6 is 11.3 Å². The number of amides is 1. The first-order chi connectivity index (χ1) is 11.7. The Kier molecular flexibility index (Phi) is 5.73. The number of hydrogen-bond donors (Lipinski definition) is 0. The highest BCUT2D eigenvalue weighted by Gasteiger charge is 2.28. The molecule has 6 nitrogen and oxygen atoms in total. The number of esters is 1. The van der Waals surface area contributed by atoms with Crippen molar-refractivity contribution in [2.75, 3.05) is 18.6 Å². The van der Waals surface area contributed by atoms with Crippen molar-refractivity contribution in [3.05, 3.63) is 35.5 Å². The van der Waals surface area contributed by atoms with E-state index in [0.717, 1.165) is 4.90 Å². The summed E-state index contributed by atoms with van der Waals surface area (Å²) >= 11 is 1.18. The van der Waals surface area contributed by atoms with Crippen LogP contribution in [0.3, 0.4) is 0 Å². The number of methoxy groups -OCH3 is 1. The van der Waals surface area contributed by atoms with Crippen molar-refractivity contribution in [3.8, 4) is 11.3 Å². The van der Waals surface area contributed by atoms with Crippen LogP contribution in [-0.4, -0.2) is 36.3 Å². The molecule has 0 unspecified atom stereocenters. The Hall–Kier alpha value is -2.48. The molecule has 25 heavy (non-hydrogen) atoms. The Balaban J connectivity index is 2.29. The average molecular weight is 366 g/mol. The number of hydrogen-bond acceptors (Lipinski definition) is 6. The summed E-state index contributed by atoms with van der Waals surface area (Å²) < 4.78 is 23.0. The van der Waals surface area contributed by atoms with Crippen molar-refractivity contribution in [3.63, 3.8) is 0 Å². The fraction of sp³-hybridized carbons (Fsp3) is 0.353. The summed E-state index contributed by atoms with van der Waals surface area (Å²) in [6.07, 6.45) is -0.696. The third kappa shape index (κ3) is 5.25. The maximum atomic E-state index is 13.0. The summed E-state index contributed by atoms with van der Waals surface area (Å²) in [4.78, 5) is 29.5. The van der Waals surface area contributed by atoms with Crippen molar-refractivity contribution in [1.29, 1.82) is 0 Å². The van der Waals surface area contributed by atoms with Gasteiger partial charge >= 0.3 is 12.1 Å². The molecular formula is C17H19FN2O4S. The van der Waals surface area contributed by atoms with Gasteiger partial charge in [-0.2, -0.15) is 0 Å². The molecule has 1 aromatic heterocycles. The predicted octanol–water partition coefficient (Wildman–Crippen LogP) is 3.86. The van der Waals surface area contributed by atoms with E-state index < -0.39 is 17.7 Å². The SMILES string of the molecule is COC(=O)CN(C(=O)OC(C)(C)C)c1nc(-c2ccc(F)cc2)cs1. The number of ether oxygens (including phenoxy) is 2. The summed E-state index contributed by atoms with van der Waals surface area (Å²) in [7, 11) is 1.24. The number of benzene rings is 1. The van der Waals surface area contributed by atoms with Gasteiger partial charge in [0, 0.05) is 10.9 Å². The van der Waals surface area contributed by atoms with E-state index in [1.807, 2.05) is 0 Å². The maximum Gasteiger partial charge on any atom is 0.417 e. The van der Waals surface area contributed by atoms with Crippen molar-refractivity contribution < 1.29 is 23.5 Å². The van der Waals surface area contributed by atoms with Crippen LogP contribution in [0.2, 0.25) is 0 Å². The molecule has 0 aliphatic carbocycles. The van der Waals surface area contributed by atoms with Gasteiger partial charge in [0.2, 0.25) is 0 Å². The second-order valence-electron chi connectivity index (χ2n) is 6.16. The summed E-state index contributed by atoms with van der Waals surface area (Å²) in [5, 5.41) is 2.01.